The normalized spacial score (nSPS) is 22.6. The minimum atomic E-state index is -0.456. The van der Waals surface area contributed by atoms with Crippen molar-refractivity contribution >= 4 is 34.7 Å². The molecule has 0 unspecified atom stereocenters. The van der Waals surface area contributed by atoms with E-state index in [1.165, 1.54) is 13.2 Å². The lowest BCUT2D eigenvalue weighted by molar-refractivity contribution is -0.118. The Bertz CT molecular complexity index is 1440. The van der Waals surface area contributed by atoms with Crippen molar-refractivity contribution in [2.24, 2.45) is 0 Å². The predicted octanol–water partition coefficient (Wildman–Crippen LogP) is 1.06. The lowest BCUT2D eigenvalue weighted by Gasteiger charge is -2.33. The number of carbonyl (C=O) groups excluding carboxylic acids is 2. The summed E-state index contributed by atoms with van der Waals surface area (Å²) < 4.78 is 17.8. The minimum absolute atomic E-state index is 0.0596. The molecule has 0 radical (unpaired) electrons. The van der Waals surface area contributed by atoms with Gasteiger partial charge in [0.1, 0.15) is 17.6 Å². The number of anilines is 2. The zero-order valence-electron chi connectivity index (χ0n) is 20.0. The Hall–Kier alpha value is -4.26. The molecule has 3 atom stereocenters. The maximum absolute atomic E-state index is 12.8. The molecule has 1 saturated carbocycles. The number of ether oxygens (including phenoxy) is 3. The molecule has 6 rings (SSSR count). The van der Waals surface area contributed by atoms with Gasteiger partial charge in [-0.2, -0.15) is 4.98 Å². The van der Waals surface area contributed by atoms with E-state index in [1.807, 2.05) is 0 Å². The molecular formula is C24H25N7O6. The van der Waals surface area contributed by atoms with Crippen molar-refractivity contribution in [3.63, 3.8) is 0 Å². The second kappa shape index (κ2) is 9.32. The number of pyridine rings is 2. The Kier molecular flexibility index (Phi) is 5.83. The maximum atomic E-state index is 12.8. The van der Waals surface area contributed by atoms with Crippen LogP contribution in [-0.2, 0) is 16.1 Å². The first kappa shape index (κ1) is 23.2. The fourth-order valence-electron chi connectivity index (χ4n) is 5.14. The summed E-state index contributed by atoms with van der Waals surface area (Å²) >= 11 is 0. The molecule has 2 fully saturated rings. The third-order valence-corrected chi connectivity index (χ3v) is 6.90. The molecule has 2 N–H and O–H groups in total. The smallest absolute Gasteiger partial charge is 0.416 e. The third kappa shape index (κ3) is 4.31. The van der Waals surface area contributed by atoms with Crippen LogP contribution >= 0.6 is 0 Å². The van der Waals surface area contributed by atoms with Crippen molar-refractivity contribution in [2.75, 3.05) is 30.5 Å². The van der Waals surface area contributed by atoms with E-state index in [9.17, 15) is 14.4 Å². The summed E-state index contributed by atoms with van der Waals surface area (Å²) in [6, 6.07) is 6.76. The first-order valence-electron chi connectivity index (χ1n) is 12.1. The monoisotopic (exact) mass is 507 g/mol. The number of nitrogens with zero attached hydrogens (tertiary/aromatic N) is 5. The van der Waals surface area contributed by atoms with E-state index in [2.05, 4.69) is 25.6 Å². The van der Waals surface area contributed by atoms with Gasteiger partial charge in [0.25, 0.3) is 11.5 Å². The van der Waals surface area contributed by atoms with Gasteiger partial charge < -0.3 is 24.8 Å². The number of hydrogen-bond donors (Lipinski definition) is 2. The third-order valence-electron chi connectivity index (χ3n) is 6.90. The van der Waals surface area contributed by atoms with Gasteiger partial charge >= 0.3 is 12.1 Å². The maximum Gasteiger partial charge on any atom is 0.416 e. The quantitative estimate of drug-likeness (QED) is 0.496. The highest BCUT2D eigenvalue weighted by molar-refractivity contribution is 5.95. The molecule has 2 aliphatic heterocycles. The Balaban J connectivity index is 1.11. The van der Waals surface area contributed by atoms with Crippen LogP contribution in [0.15, 0.2) is 35.3 Å². The van der Waals surface area contributed by atoms with E-state index in [-0.39, 0.29) is 42.3 Å². The molecule has 13 heteroatoms. The number of fused-ring (bicyclic) bond motifs is 3. The van der Waals surface area contributed by atoms with Crippen LogP contribution in [-0.4, -0.2) is 70.0 Å². The van der Waals surface area contributed by atoms with Crippen LogP contribution in [0.4, 0.5) is 16.4 Å². The molecule has 5 heterocycles. The van der Waals surface area contributed by atoms with E-state index in [4.69, 9.17) is 14.2 Å². The first-order chi connectivity index (χ1) is 18.0. The highest BCUT2D eigenvalue weighted by Gasteiger charge is 2.46. The molecular weight excluding hydrogens is 482 g/mol. The van der Waals surface area contributed by atoms with Gasteiger partial charge in [0.2, 0.25) is 0 Å². The van der Waals surface area contributed by atoms with E-state index in [0.29, 0.717) is 49.0 Å². The lowest BCUT2D eigenvalue weighted by atomic mass is 9.88. The van der Waals surface area contributed by atoms with Gasteiger partial charge in [0.05, 0.1) is 13.2 Å². The number of methoxy groups -OCH3 is 1. The van der Waals surface area contributed by atoms with Crippen LogP contribution in [0.3, 0.4) is 0 Å². The van der Waals surface area contributed by atoms with Gasteiger partial charge in [0.15, 0.2) is 18.2 Å². The molecule has 0 spiro atoms. The number of carbonyl (C=O) groups is 2. The van der Waals surface area contributed by atoms with Crippen molar-refractivity contribution in [3.05, 3.63) is 40.8 Å². The topological polar surface area (TPSA) is 150 Å². The SMILES string of the molecule is COc1ncc2ccc(=O)n(CCN[C@@H]3CC[C@@H]4[C@@H](C3)OC(=O)N4c3ccc4c(n3)NC(=O)CO4)c2n1. The summed E-state index contributed by atoms with van der Waals surface area (Å²) in [7, 11) is 1.48. The minimum Gasteiger partial charge on any atom is -0.480 e. The number of amides is 2. The molecule has 2 amide bonds. The number of nitrogens with one attached hydrogen (secondary N) is 2. The van der Waals surface area contributed by atoms with Crippen LogP contribution < -0.4 is 30.6 Å². The van der Waals surface area contributed by atoms with Crippen LogP contribution in [0.1, 0.15) is 19.3 Å². The highest BCUT2D eigenvalue weighted by Crippen LogP contribution is 2.37. The standard InChI is InChI=1S/C24H25N7O6/c1-35-23-26-11-13-2-7-20(33)30(22(13)29-23)9-8-25-14-3-4-15-17(10-14)37-24(34)31(15)18-6-5-16-21(27-18)28-19(32)12-36-16/h2,5-7,11,14-15,17,25H,3-4,8-10,12H2,1H3,(H,27,28,32)/t14-,15-,17-/m1/s1. The second-order valence-corrected chi connectivity index (χ2v) is 9.14. The van der Waals surface area contributed by atoms with Gasteiger partial charge in [0, 0.05) is 43.2 Å². The largest absolute Gasteiger partial charge is 0.480 e. The summed E-state index contributed by atoms with van der Waals surface area (Å²) in [6.45, 7) is 0.896. The van der Waals surface area contributed by atoms with Crippen molar-refractivity contribution in [1.29, 1.82) is 0 Å². The fraction of sp³-hybridized carbons (Fsp3) is 0.417. The Morgan fingerprint density at radius 1 is 1.16 bits per heavy atom. The van der Waals surface area contributed by atoms with Crippen LogP contribution in [0.25, 0.3) is 11.0 Å². The van der Waals surface area contributed by atoms with Crippen LogP contribution in [0, 0.1) is 0 Å². The molecule has 3 aromatic rings. The first-order valence-corrected chi connectivity index (χ1v) is 12.1. The van der Waals surface area contributed by atoms with Gasteiger partial charge in [-0.05, 0) is 31.0 Å². The Labute approximate surface area is 210 Å². The molecule has 3 aliphatic rings. The summed E-state index contributed by atoms with van der Waals surface area (Å²) in [5, 5.41) is 6.92. The van der Waals surface area contributed by atoms with E-state index in [1.54, 1.807) is 33.9 Å². The molecule has 192 valence electrons. The predicted molar refractivity (Wildman–Crippen MR) is 131 cm³/mol. The van der Waals surface area contributed by atoms with Gasteiger partial charge in [-0.1, -0.05) is 0 Å². The van der Waals surface area contributed by atoms with Gasteiger partial charge in [-0.15, -0.1) is 0 Å². The summed E-state index contributed by atoms with van der Waals surface area (Å²) in [5.74, 6) is 0.895. The fourth-order valence-corrected chi connectivity index (χ4v) is 5.14. The molecule has 3 aromatic heterocycles. The average molecular weight is 508 g/mol. The van der Waals surface area contributed by atoms with Crippen LogP contribution in [0.2, 0.25) is 0 Å². The van der Waals surface area contributed by atoms with Crippen molar-refractivity contribution < 1.29 is 23.8 Å². The molecule has 0 aromatic carbocycles. The molecule has 37 heavy (non-hydrogen) atoms. The summed E-state index contributed by atoms with van der Waals surface area (Å²) in [4.78, 5) is 51.4. The molecule has 1 saturated heterocycles. The lowest BCUT2D eigenvalue weighted by Crippen LogP contribution is -2.46. The zero-order valence-corrected chi connectivity index (χ0v) is 20.0. The van der Waals surface area contributed by atoms with E-state index >= 15 is 0 Å². The molecule has 0 bridgehead atoms. The number of hydrogen-bond acceptors (Lipinski definition) is 10. The summed E-state index contributed by atoms with van der Waals surface area (Å²) in [6.07, 6.45) is 3.05. The van der Waals surface area contributed by atoms with Crippen LogP contribution in [0.5, 0.6) is 11.8 Å². The number of rotatable bonds is 6. The van der Waals surface area contributed by atoms with Gasteiger partial charge in [-0.25, -0.2) is 14.8 Å². The molecule has 13 nitrogen and oxygen atoms in total. The zero-order chi connectivity index (χ0) is 25.5. The van der Waals surface area contributed by atoms with Crippen molar-refractivity contribution in [1.82, 2.24) is 24.8 Å². The highest BCUT2D eigenvalue weighted by atomic mass is 16.6. The second-order valence-electron chi connectivity index (χ2n) is 9.14. The van der Waals surface area contributed by atoms with E-state index in [0.717, 1.165) is 11.8 Å². The Morgan fingerprint density at radius 2 is 2.05 bits per heavy atom. The number of aromatic nitrogens is 4. The van der Waals surface area contributed by atoms with Gasteiger partial charge in [-0.3, -0.25) is 19.1 Å². The molecule has 1 aliphatic carbocycles. The Morgan fingerprint density at radius 3 is 2.92 bits per heavy atom. The van der Waals surface area contributed by atoms with E-state index < -0.39 is 6.09 Å². The summed E-state index contributed by atoms with van der Waals surface area (Å²) in [5.41, 5.74) is 0.364. The van der Waals surface area contributed by atoms with Crippen molar-refractivity contribution in [2.45, 2.75) is 44.0 Å². The van der Waals surface area contributed by atoms with Crippen molar-refractivity contribution in [3.8, 4) is 11.8 Å². The average Bonchev–Trinajstić information content (AvgIpc) is 3.24.